The highest BCUT2D eigenvalue weighted by molar-refractivity contribution is 5.97. The van der Waals surface area contributed by atoms with Crippen molar-refractivity contribution in [1.29, 1.82) is 0 Å². The Morgan fingerprint density at radius 3 is 2.91 bits per heavy atom. The molecule has 166 valence electrons. The van der Waals surface area contributed by atoms with Crippen molar-refractivity contribution in [3.8, 4) is 0 Å². The predicted molar refractivity (Wildman–Crippen MR) is 126 cm³/mol. The van der Waals surface area contributed by atoms with Gasteiger partial charge in [0.25, 0.3) is 5.91 Å². The van der Waals surface area contributed by atoms with Crippen LogP contribution in [0.15, 0.2) is 36.5 Å². The lowest BCUT2D eigenvalue weighted by atomic mass is 9.88. The number of aryl methyl sites for hydroxylation is 1. The summed E-state index contributed by atoms with van der Waals surface area (Å²) in [4.78, 5) is 27.4. The van der Waals surface area contributed by atoms with E-state index in [2.05, 4.69) is 45.5 Å². The number of pyridine rings is 1. The van der Waals surface area contributed by atoms with Crippen LogP contribution in [0.5, 0.6) is 0 Å². The summed E-state index contributed by atoms with van der Waals surface area (Å²) in [6.45, 7) is 4.88. The van der Waals surface area contributed by atoms with Gasteiger partial charge < -0.3 is 14.4 Å². The number of hydrogen-bond donors (Lipinski definition) is 0. The first kappa shape index (κ1) is 19.8. The molecule has 6 rings (SSSR count). The Kier molecular flexibility index (Phi) is 4.70. The molecular weight excluding hydrogens is 398 g/mol. The maximum absolute atomic E-state index is 13.3. The minimum Gasteiger partial charge on any atom is -0.346 e. The van der Waals surface area contributed by atoms with E-state index in [1.807, 2.05) is 24.4 Å². The van der Waals surface area contributed by atoms with E-state index in [1.165, 1.54) is 24.8 Å². The summed E-state index contributed by atoms with van der Waals surface area (Å²) in [6, 6.07) is 10.4. The summed E-state index contributed by atoms with van der Waals surface area (Å²) >= 11 is 0. The number of likely N-dealkylation sites (N-methyl/N-ethyl adjacent to an activating group) is 1. The lowest BCUT2D eigenvalue weighted by molar-refractivity contribution is 0.0627. The van der Waals surface area contributed by atoms with Crippen molar-refractivity contribution in [2.45, 2.75) is 45.1 Å². The topological polar surface area (TPSA) is 54.3 Å². The van der Waals surface area contributed by atoms with Crippen LogP contribution in [0.2, 0.25) is 0 Å². The number of rotatable bonds is 3. The van der Waals surface area contributed by atoms with Gasteiger partial charge in [0.2, 0.25) is 0 Å². The average molecular weight is 430 g/mol. The zero-order valence-electron chi connectivity index (χ0n) is 19.0. The van der Waals surface area contributed by atoms with Crippen molar-refractivity contribution in [1.82, 2.24) is 19.4 Å². The molecule has 1 aliphatic carbocycles. The number of aromatic nitrogens is 3. The number of hydrogen-bond acceptors (Lipinski definition) is 4. The van der Waals surface area contributed by atoms with E-state index < -0.39 is 0 Å². The molecule has 1 saturated carbocycles. The molecule has 3 atom stereocenters. The first-order valence-corrected chi connectivity index (χ1v) is 12.1. The number of likely N-dealkylation sites (tertiary alicyclic amines) is 1. The highest BCUT2D eigenvalue weighted by Crippen LogP contribution is 2.40. The van der Waals surface area contributed by atoms with E-state index in [-0.39, 0.29) is 11.9 Å². The summed E-state index contributed by atoms with van der Waals surface area (Å²) < 4.78 is 2.19. The van der Waals surface area contributed by atoms with E-state index in [1.54, 1.807) is 0 Å². The Balaban J connectivity index is 1.30. The van der Waals surface area contributed by atoms with E-state index in [4.69, 9.17) is 4.98 Å². The smallest absolute Gasteiger partial charge is 0.253 e. The quantitative estimate of drug-likeness (QED) is 0.621. The molecule has 2 aromatic heterocycles. The summed E-state index contributed by atoms with van der Waals surface area (Å²) in [5, 5.41) is 0. The van der Waals surface area contributed by atoms with Gasteiger partial charge in [-0.25, -0.2) is 9.97 Å². The zero-order valence-corrected chi connectivity index (χ0v) is 19.0. The van der Waals surface area contributed by atoms with Gasteiger partial charge in [-0.05, 0) is 61.4 Å². The number of imidazole rings is 1. The molecule has 0 N–H and O–H groups in total. The van der Waals surface area contributed by atoms with Crippen LogP contribution in [0.25, 0.3) is 11.0 Å². The van der Waals surface area contributed by atoms with Crippen molar-refractivity contribution >= 4 is 22.8 Å². The Morgan fingerprint density at radius 2 is 2.03 bits per heavy atom. The number of carbonyl (C=O) groups excluding carboxylic acids is 1. The lowest BCUT2D eigenvalue weighted by Crippen LogP contribution is -2.42. The number of fused-ring (bicyclic) bond motifs is 3. The molecule has 1 saturated heterocycles. The number of anilines is 1. The SMILES string of the molecule is CCN1c2ncccc2CC1c1nc2cc(C(=O)N3CC[C@@H]4CCC[C@@H]4C3)ccc2n1C. The number of benzene rings is 1. The third-order valence-electron chi connectivity index (χ3n) is 8.06. The van der Waals surface area contributed by atoms with Crippen LogP contribution in [0, 0.1) is 11.8 Å². The fraction of sp³-hybridized carbons (Fsp3) is 0.500. The second-order valence-corrected chi connectivity index (χ2v) is 9.72. The lowest BCUT2D eigenvalue weighted by Gasteiger charge is -2.35. The summed E-state index contributed by atoms with van der Waals surface area (Å²) in [5.74, 6) is 3.81. The van der Waals surface area contributed by atoms with Crippen LogP contribution in [0.1, 0.15) is 60.4 Å². The van der Waals surface area contributed by atoms with Crippen molar-refractivity contribution in [3.63, 3.8) is 0 Å². The van der Waals surface area contributed by atoms with Gasteiger partial charge in [0, 0.05) is 44.9 Å². The molecule has 2 aliphatic heterocycles. The molecule has 0 radical (unpaired) electrons. The normalized spacial score (nSPS) is 24.8. The van der Waals surface area contributed by atoms with Gasteiger partial charge in [0.15, 0.2) is 0 Å². The minimum atomic E-state index is 0.164. The molecule has 0 spiro atoms. The summed E-state index contributed by atoms with van der Waals surface area (Å²) in [6.07, 6.45) is 7.90. The van der Waals surface area contributed by atoms with Gasteiger partial charge in [-0.3, -0.25) is 4.79 Å². The molecule has 1 amide bonds. The second-order valence-electron chi connectivity index (χ2n) is 9.72. The Bertz CT molecular complexity index is 1180. The Morgan fingerprint density at radius 1 is 1.16 bits per heavy atom. The number of nitrogens with zero attached hydrogens (tertiary/aromatic N) is 5. The fourth-order valence-corrected chi connectivity index (χ4v) is 6.36. The van der Waals surface area contributed by atoms with Crippen LogP contribution in [-0.4, -0.2) is 45.0 Å². The molecule has 4 heterocycles. The van der Waals surface area contributed by atoms with Crippen LogP contribution in [0.4, 0.5) is 5.82 Å². The fourth-order valence-electron chi connectivity index (χ4n) is 6.36. The van der Waals surface area contributed by atoms with Crippen LogP contribution >= 0.6 is 0 Å². The van der Waals surface area contributed by atoms with E-state index in [9.17, 15) is 4.79 Å². The van der Waals surface area contributed by atoms with Crippen molar-refractivity contribution < 1.29 is 4.79 Å². The Hall–Kier alpha value is -2.89. The maximum Gasteiger partial charge on any atom is 0.253 e. The van der Waals surface area contributed by atoms with Crippen LogP contribution < -0.4 is 4.90 Å². The van der Waals surface area contributed by atoms with Gasteiger partial charge >= 0.3 is 0 Å². The third kappa shape index (κ3) is 3.03. The third-order valence-corrected chi connectivity index (χ3v) is 8.06. The standard InChI is InChI=1S/C26H31N5O/c1-3-31-23(15-18-8-5-12-27-24(18)31)25-28-21-14-19(9-10-22(21)29(25)2)26(32)30-13-11-17-6-4-7-20(17)16-30/h5,8-10,12,14,17,20,23H,3-4,6-7,11,13,15-16H2,1-2H3/t17-,20+,23?/m0/s1. The average Bonchev–Trinajstić information content (AvgIpc) is 3.52. The molecular formula is C26H31N5O. The largest absolute Gasteiger partial charge is 0.346 e. The minimum absolute atomic E-state index is 0.164. The van der Waals surface area contributed by atoms with Crippen LogP contribution in [-0.2, 0) is 13.5 Å². The molecule has 0 bridgehead atoms. The molecule has 1 aromatic carbocycles. The van der Waals surface area contributed by atoms with Gasteiger partial charge in [0.1, 0.15) is 11.6 Å². The highest BCUT2D eigenvalue weighted by Gasteiger charge is 2.36. The van der Waals surface area contributed by atoms with Crippen molar-refractivity contribution in [2.24, 2.45) is 18.9 Å². The van der Waals surface area contributed by atoms with Gasteiger partial charge in [-0.2, -0.15) is 0 Å². The molecule has 32 heavy (non-hydrogen) atoms. The Labute approximate surface area is 189 Å². The highest BCUT2D eigenvalue weighted by atomic mass is 16.2. The number of piperidine rings is 1. The van der Waals surface area contributed by atoms with Gasteiger partial charge in [-0.1, -0.05) is 18.9 Å². The second kappa shape index (κ2) is 7.61. The maximum atomic E-state index is 13.3. The summed E-state index contributed by atoms with van der Waals surface area (Å²) in [7, 11) is 2.08. The molecule has 3 aromatic rings. The van der Waals surface area contributed by atoms with Gasteiger partial charge in [-0.15, -0.1) is 0 Å². The first-order valence-electron chi connectivity index (χ1n) is 12.1. The van der Waals surface area contributed by atoms with Crippen LogP contribution in [0.3, 0.4) is 0 Å². The van der Waals surface area contributed by atoms with E-state index >= 15 is 0 Å². The first-order chi connectivity index (χ1) is 15.6. The van der Waals surface area contributed by atoms with E-state index in [0.29, 0.717) is 5.92 Å². The number of amides is 1. The molecule has 1 unspecified atom stereocenters. The molecule has 6 nitrogen and oxygen atoms in total. The monoisotopic (exact) mass is 429 g/mol. The molecule has 6 heteroatoms. The zero-order chi connectivity index (χ0) is 21.8. The predicted octanol–water partition coefficient (Wildman–Crippen LogP) is 4.35. The van der Waals surface area contributed by atoms with Crippen molar-refractivity contribution in [2.75, 3.05) is 24.5 Å². The van der Waals surface area contributed by atoms with Gasteiger partial charge in [0.05, 0.1) is 17.1 Å². The van der Waals surface area contributed by atoms with E-state index in [0.717, 1.165) is 66.6 Å². The number of carbonyl (C=O) groups is 1. The van der Waals surface area contributed by atoms with Crippen molar-refractivity contribution in [3.05, 3.63) is 53.5 Å². The molecule has 2 fully saturated rings. The molecule has 3 aliphatic rings. The summed E-state index contributed by atoms with van der Waals surface area (Å²) in [5.41, 5.74) is 4.02.